The van der Waals surface area contributed by atoms with Crippen LogP contribution in [0.4, 0.5) is 4.39 Å². The molecule has 0 aromatic rings. The molecule has 1 unspecified atom stereocenters. The normalized spacial score (nSPS) is 13.2. The van der Waals surface area contributed by atoms with Crippen LogP contribution in [0.1, 0.15) is 51.9 Å². The van der Waals surface area contributed by atoms with Gasteiger partial charge in [0.05, 0.1) is 12.8 Å². The van der Waals surface area contributed by atoms with Gasteiger partial charge in [-0.1, -0.05) is 26.2 Å². The third kappa shape index (κ3) is 7.99. The van der Waals surface area contributed by atoms with Crippen molar-refractivity contribution in [3.8, 4) is 0 Å². The summed E-state index contributed by atoms with van der Waals surface area (Å²) in [4.78, 5) is 0. The highest BCUT2D eigenvalue weighted by Gasteiger charge is 2.02. The van der Waals surface area contributed by atoms with Crippen molar-refractivity contribution in [2.24, 2.45) is 0 Å². The summed E-state index contributed by atoms with van der Waals surface area (Å²) in [5.41, 5.74) is 0. The van der Waals surface area contributed by atoms with E-state index in [-0.39, 0.29) is 12.8 Å². The summed E-state index contributed by atoms with van der Waals surface area (Å²) in [7, 11) is 0. The Morgan fingerprint density at radius 3 is 2.17 bits per heavy atom. The van der Waals surface area contributed by atoms with Crippen LogP contribution in [0.3, 0.4) is 0 Å². The van der Waals surface area contributed by atoms with Crippen LogP contribution in [-0.2, 0) is 0 Å². The van der Waals surface area contributed by atoms with Gasteiger partial charge in [0.2, 0.25) is 0 Å². The van der Waals surface area contributed by atoms with E-state index in [0.29, 0.717) is 6.42 Å². The summed E-state index contributed by atoms with van der Waals surface area (Å²) >= 11 is 0. The predicted octanol–water partition coefficient (Wildman–Crippen LogP) is 3.07. The Kier molecular flexibility index (Phi) is 8.90. The number of aliphatic hydroxyl groups is 1. The Hall–Kier alpha value is -0.110. The molecule has 74 valence electrons. The maximum Gasteiger partial charge on any atom is 0.0894 e. The molecule has 0 fully saturated rings. The number of alkyl halides is 1. The smallest absolute Gasteiger partial charge is 0.0894 e. The number of hydrogen-bond acceptors (Lipinski definition) is 1. The number of rotatable bonds is 8. The van der Waals surface area contributed by atoms with Gasteiger partial charge in [-0.15, -0.1) is 0 Å². The molecule has 0 spiro atoms. The number of hydrogen-bond donors (Lipinski definition) is 1. The molecule has 12 heavy (non-hydrogen) atoms. The van der Waals surface area contributed by atoms with Gasteiger partial charge in [0.1, 0.15) is 0 Å². The predicted molar refractivity (Wildman–Crippen MR) is 50.0 cm³/mol. The lowest BCUT2D eigenvalue weighted by Crippen LogP contribution is -2.05. The van der Waals surface area contributed by atoms with Crippen LogP contribution in [0.2, 0.25) is 0 Å². The minimum absolute atomic E-state index is 0.192. The van der Waals surface area contributed by atoms with E-state index in [1.165, 1.54) is 12.8 Å². The maximum absolute atomic E-state index is 11.7. The Balaban J connectivity index is 3.04. The first-order valence-electron chi connectivity index (χ1n) is 5.05. The molecule has 0 amide bonds. The molecule has 0 radical (unpaired) electrons. The van der Waals surface area contributed by atoms with Gasteiger partial charge in [-0.3, -0.25) is 4.39 Å². The summed E-state index contributed by atoms with van der Waals surface area (Å²) in [6.07, 6.45) is 6.38. The van der Waals surface area contributed by atoms with Crippen molar-refractivity contribution >= 4 is 0 Å². The fraction of sp³-hybridized carbons (Fsp3) is 1.00. The van der Waals surface area contributed by atoms with E-state index in [1.807, 2.05) is 0 Å². The zero-order valence-electron chi connectivity index (χ0n) is 8.06. The van der Waals surface area contributed by atoms with Gasteiger partial charge >= 0.3 is 0 Å². The molecule has 0 aromatic heterocycles. The lowest BCUT2D eigenvalue weighted by Gasteiger charge is -2.08. The van der Waals surface area contributed by atoms with Gasteiger partial charge in [-0.25, -0.2) is 0 Å². The Labute approximate surface area is 75.0 Å². The quantitative estimate of drug-likeness (QED) is 0.563. The molecule has 0 rings (SSSR count). The third-order valence-corrected chi connectivity index (χ3v) is 2.06. The van der Waals surface area contributed by atoms with Crippen LogP contribution < -0.4 is 0 Å². The molecular formula is C10H21FO. The largest absolute Gasteiger partial charge is 0.393 e. The van der Waals surface area contributed by atoms with E-state index in [1.54, 1.807) is 0 Å². The molecule has 0 saturated carbocycles. The van der Waals surface area contributed by atoms with Gasteiger partial charge in [-0.2, -0.15) is 0 Å². The molecule has 0 heterocycles. The van der Waals surface area contributed by atoms with Crippen molar-refractivity contribution in [1.29, 1.82) is 0 Å². The molecule has 0 saturated heterocycles. The Morgan fingerprint density at radius 2 is 1.67 bits per heavy atom. The van der Waals surface area contributed by atoms with Crippen molar-refractivity contribution < 1.29 is 9.50 Å². The average Bonchev–Trinajstić information content (AvgIpc) is 2.06. The summed E-state index contributed by atoms with van der Waals surface area (Å²) in [5.74, 6) is 0. The van der Waals surface area contributed by atoms with Crippen molar-refractivity contribution in [1.82, 2.24) is 0 Å². The second kappa shape index (κ2) is 8.98. The van der Waals surface area contributed by atoms with Crippen LogP contribution in [0, 0.1) is 0 Å². The topological polar surface area (TPSA) is 20.2 Å². The molecular weight excluding hydrogens is 155 g/mol. The third-order valence-electron chi connectivity index (χ3n) is 2.06. The highest BCUT2D eigenvalue weighted by atomic mass is 19.1. The van der Waals surface area contributed by atoms with Gasteiger partial charge in [0, 0.05) is 0 Å². The molecule has 1 N–H and O–H groups in total. The molecule has 0 aliphatic carbocycles. The monoisotopic (exact) mass is 176 g/mol. The minimum atomic E-state index is -0.248. The first-order chi connectivity index (χ1) is 5.81. The summed E-state index contributed by atoms with van der Waals surface area (Å²) in [5, 5.41) is 9.38. The fourth-order valence-electron chi connectivity index (χ4n) is 1.25. The van der Waals surface area contributed by atoms with Crippen LogP contribution in [0.5, 0.6) is 0 Å². The standard InChI is InChI=1S/C10H21FO/c1-2-3-4-7-10(12)8-5-6-9-11/h10,12H,2-9H2,1H3. The summed E-state index contributed by atoms with van der Waals surface area (Å²) in [6, 6.07) is 0. The second-order valence-electron chi connectivity index (χ2n) is 3.33. The Morgan fingerprint density at radius 1 is 1.08 bits per heavy atom. The molecule has 1 atom stereocenters. The van der Waals surface area contributed by atoms with Crippen molar-refractivity contribution in [3.05, 3.63) is 0 Å². The van der Waals surface area contributed by atoms with Crippen LogP contribution >= 0.6 is 0 Å². The Bertz CT molecular complexity index is 75.9. The number of aliphatic hydroxyl groups excluding tert-OH is 1. The van der Waals surface area contributed by atoms with Crippen molar-refractivity contribution in [2.45, 2.75) is 58.0 Å². The zero-order valence-corrected chi connectivity index (χ0v) is 8.06. The number of unbranched alkanes of at least 4 members (excludes halogenated alkanes) is 3. The van der Waals surface area contributed by atoms with E-state index in [2.05, 4.69) is 6.92 Å². The van der Waals surface area contributed by atoms with E-state index >= 15 is 0 Å². The SMILES string of the molecule is CCCCCC(O)CCCCF. The summed E-state index contributed by atoms with van der Waals surface area (Å²) < 4.78 is 11.7. The van der Waals surface area contributed by atoms with Gasteiger partial charge in [0.15, 0.2) is 0 Å². The van der Waals surface area contributed by atoms with E-state index < -0.39 is 0 Å². The first kappa shape index (κ1) is 11.9. The molecule has 0 bridgehead atoms. The van der Waals surface area contributed by atoms with E-state index in [9.17, 15) is 9.50 Å². The van der Waals surface area contributed by atoms with E-state index in [4.69, 9.17) is 0 Å². The first-order valence-corrected chi connectivity index (χ1v) is 5.05. The fourth-order valence-corrected chi connectivity index (χ4v) is 1.25. The highest BCUT2D eigenvalue weighted by Crippen LogP contribution is 2.09. The van der Waals surface area contributed by atoms with Crippen LogP contribution in [0.15, 0.2) is 0 Å². The zero-order chi connectivity index (χ0) is 9.23. The van der Waals surface area contributed by atoms with E-state index in [0.717, 1.165) is 25.7 Å². The van der Waals surface area contributed by atoms with Crippen LogP contribution in [-0.4, -0.2) is 17.9 Å². The second-order valence-corrected chi connectivity index (χ2v) is 3.33. The average molecular weight is 176 g/mol. The maximum atomic E-state index is 11.7. The minimum Gasteiger partial charge on any atom is -0.393 e. The van der Waals surface area contributed by atoms with Gasteiger partial charge in [0.25, 0.3) is 0 Å². The summed E-state index contributed by atoms with van der Waals surface area (Å²) in [6.45, 7) is 1.90. The molecule has 2 heteroatoms. The number of halogens is 1. The van der Waals surface area contributed by atoms with Gasteiger partial charge in [-0.05, 0) is 25.7 Å². The van der Waals surface area contributed by atoms with Crippen LogP contribution in [0.25, 0.3) is 0 Å². The molecule has 0 aromatic carbocycles. The van der Waals surface area contributed by atoms with Crippen molar-refractivity contribution in [2.75, 3.05) is 6.67 Å². The molecule has 0 aliphatic rings. The molecule has 1 nitrogen and oxygen atoms in total. The van der Waals surface area contributed by atoms with Crippen molar-refractivity contribution in [3.63, 3.8) is 0 Å². The highest BCUT2D eigenvalue weighted by molar-refractivity contribution is 4.55. The lowest BCUT2D eigenvalue weighted by molar-refractivity contribution is 0.146. The van der Waals surface area contributed by atoms with Gasteiger partial charge < -0.3 is 5.11 Å². The molecule has 0 aliphatic heterocycles. The lowest BCUT2D eigenvalue weighted by atomic mass is 10.1.